The van der Waals surface area contributed by atoms with Crippen molar-refractivity contribution in [1.82, 2.24) is 19.8 Å². The molecule has 0 saturated carbocycles. The summed E-state index contributed by atoms with van der Waals surface area (Å²) in [4.78, 5) is 1.06. The molecule has 0 bridgehead atoms. The standard InChI is InChI=1S/C12H18N4O2S2/c1-13-6-5-11-3-4-12(19-11)20(17,18)15-8-10-7-14-16(2)9-10/h3-4,7,9,13,15H,5-6,8H2,1-2H3. The summed E-state index contributed by atoms with van der Waals surface area (Å²) in [5.41, 5.74) is 0.836. The molecule has 0 amide bonds. The Labute approximate surface area is 122 Å². The number of aromatic nitrogens is 2. The van der Waals surface area contributed by atoms with Crippen LogP contribution in [0.3, 0.4) is 0 Å². The van der Waals surface area contributed by atoms with Gasteiger partial charge in [-0.3, -0.25) is 4.68 Å². The normalized spacial score (nSPS) is 11.9. The highest BCUT2D eigenvalue weighted by molar-refractivity contribution is 7.91. The molecule has 0 fully saturated rings. The molecule has 0 radical (unpaired) electrons. The van der Waals surface area contributed by atoms with E-state index in [0.29, 0.717) is 4.21 Å². The van der Waals surface area contributed by atoms with Gasteiger partial charge in [0, 0.05) is 30.2 Å². The van der Waals surface area contributed by atoms with Crippen LogP contribution in [0.5, 0.6) is 0 Å². The molecule has 0 aliphatic rings. The fourth-order valence-electron chi connectivity index (χ4n) is 1.70. The summed E-state index contributed by atoms with van der Waals surface area (Å²) >= 11 is 1.31. The van der Waals surface area contributed by atoms with E-state index in [1.807, 2.05) is 13.1 Å². The molecule has 6 nitrogen and oxygen atoms in total. The first kappa shape index (κ1) is 15.2. The Hall–Kier alpha value is -1.22. The number of hydrogen-bond donors (Lipinski definition) is 2. The molecule has 8 heteroatoms. The van der Waals surface area contributed by atoms with Crippen molar-refractivity contribution in [3.05, 3.63) is 35.0 Å². The zero-order chi connectivity index (χ0) is 14.6. The molecule has 2 rings (SSSR count). The predicted octanol–water partition coefficient (Wildman–Crippen LogP) is 0.722. The Kier molecular flexibility index (Phi) is 4.92. The molecule has 0 aliphatic carbocycles. The van der Waals surface area contributed by atoms with Crippen LogP contribution in [-0.2, 0) is 30.0 Å². The Morgan fingerprint density at radius 3 is 2.85 bits per heavy atom. The Bertz CT molecular complexity index is 661. The number of hydrogen-bond acceptors (Lipinski definition) is 5. The van der Waals surface area contributed by atoms with Crippen molar-refractivity contribution < 1.29 is 8.42 Å². The average molecular weight is 314 g/mol. The maximum atomic E-state index is 12.2. The van der Waals surface area contributed by atoms with Crippen LogP contribution in [0.25, 0.3) is 0 Å². The van der Waals surface area contributed by atoms with Crippen LogP contribution in [0.2, 0.25) is 0 Å². The fourth-order valence-corrected chi connectivity index (χ4v) is 4.12. The Morgan fingerprint density at radius 2 is 2.20 bits per heavy atom. The Morgan fingerprint density at radius 1 is 1.40 bits per heavy atom. The maximum Gasteiger partial charge on any atom is 0.250 e. The molecule has 110 valence electrons. The van der Waals surface area contributed by atoms with Crippen LogP contribution in [0, 0.1) is 0 Å². The van der Waals surface area contributed by atoms with Crippen LogP contribution in [0.1, 0.15) is 10.4 Å². The van der Waals surface area contributed by atoms with E-state index in [1.54, 1.807) is 30.2 Å². The third kappa shape index (κ3) is 3.89. The van der Waals surface area contributed by atoms with Gasteiger partial charge in [0.15, 0.2) is 0 Å². The van der Waals surface area contributed by atoms with Gasteiger partial charge in [-0.05, 0) is 32.1 Å². The lowest BCUT2D eigenvalue weighted by atomic mass is 10.3. The third-order valence-corrected chi connectivity index (χ3v) is 5.79. The number of rotatable bonds is 7. The van der Waals surface area contributed by atoms with Crippen LogP contribution in [0.4, 0.5) is 0 Å². The quantitative estimate of drug-likeness (QED) is 0.790. The second-order valence-corrected chi connectivity index (χ2v) is 7.58. The van der Waals surface area contributed by atoms with E-state index in [4.69, 9.17) is 0 Å². The number of likely N-dealkylation sites (N-methyl/N-ethyl adjacent to an activating group) is 1. The van der Waals surface area contributed by atoms with Gasteiger partial charge in [-0.2, -0.15) is 5.10 Å². The van der Waals surface area contributed by atoms with Gasteiger partial charge in [0.25, 0.3) is 0 Å². The van der Waals surface area contributed by atoms with Gasteiger partial charge in [0.2, 0.25) is 10.0 Å². The first-order chi connectivity index (χ1) is 9.51. The van der Waals surface area contributed by atoms with E-state index in [0.717, 1.165) is 23.4 Å². The molecule has 20 heavy (non-hydrogen) atoms. The molecule has 2 heterocycles. The van der Waals surface area contributed by atoms with Crippen LogP contribution in [-0.4, -0.2) is 31.8 Å². The highest BCUT2D eigenvalue weighted by Crippen LogP contribution is 2.21. The first-order valence-electron chi connectivity index (χ1n) is 6.22. The highest BCUT2D eigenvalue weighted by atomic mass is 32.2. The molecule has 0 aliphatic heterocycles. The minimum Gasteiger partial charge on any atom is -0.319 e. The summed E-state index contributed by atoms with van der Waals surface area (Å²) in [6, 6.07) is 3.52. The predicted molar refractivity (Wildman–Crippen MR) is 79.2 cm³/mol. The van der Waals surface area contributed by atoms with Crippen molar-refractivity contribution in [3.8, 4) is 0 Å². The fraction of sp³-hybridized carbons (Fsp3) is 0.417. The van der Waals surface area contributed by atoms with Crippen LogP contribution in [0.15, 0.2) is 28.7 Å². The SMILES string of the molecule is CNCCc1ccc(S(=O)(=O)NCc2cnn(C)c2)s1. The lowest BCUT2D eigenvalue weighted by Crippen LogP contribution is -2.22. The number of nitrogens with one attached hydrogen (secondary N) is 2. The molecule has 0 spiro atoms. The van der Waals surface area contributed by atoms with E-state index in [1.165, 1.54) is 11.3 Å². The lowest BCUT2D eigenvalue weighted by Gasteiger charge is -2.02. The molecule has 2 N–H and O–H groups in total. The minimum absolute atomic E-state index is 0.250. The molecule has 2 aromatic rings. The molecule has 0 aromatic carbocycles. The van der Waals surface area contributed by atoms with E-state index in [9.17, 15) is 8.42 Å². The van der Waals surface area contributed by atoms with Gasteiger partial charge in [0.05, 0.1) is 6.20 Å². The van der Waals surface area contributed by atoms with Crippen molar-refractivity contribution in [2.24, 2.45) is 7.05 Å². The Balaban J connectivity index is 2.00. The summed E-state index contributed by atoms with van der Waals surface area (Å²) < 4.78 is 28.9. The molecule has 2 aromatic heterocycles. The summed E-state index contributed by atoms with van der Waals surface area (Å²) in [5, 5.41) is 7.05. The zero-order valence-electron chi connectivity index (χ0n) is 11.5. The van der Waals surface area contributed by atoms with Crippen LogP contribution < -0.4 is 10.0 Å². The third-order valence-electron chi connectivity index (χ3n) is 2.75. The van der Waals surface area contributed by atoms with Gasteiger partial charge >= 0.3 is 0 Å². The number of sulfonamides is 1. The topological polar surface area (TPSA) is 76.0 Å². The molecular formula is C12H18N4O2S2. The average Bonchev–Trinajstić information content (AvgIpc) is 3.03. The van der Waals surface area contributed by atoms with Crippen molar-refractivity contribution in [3.63, 3.8) is 0 Å². The van der Waals surface area contributed by atoms with Crippen molar-refractivity contribution in [1.29, 1.82) is 0 Å². The van der Waals surface area contributed by atoms with Gasteiger partial charge in [-0.25, -0.2) is 13.1 Å². The molecular weight excluding hydrogens is 296 g/mol. The number of nitrogens with zero attached hydrogens (tertiary/aromatic N) is 2. The van der Waals surface area contributed by atoms with E-state index in [-0.39, 0.29) is 6.54 Å². The van der Waals surface area contributed by atoms with E-state index in [2.05, 4.69) is 15.1 Å². The summed E-state index contributed by atoms with van der Waals surface area (Å²) in [6.45, 7) is 1.09. The van der Waals surface area contributed by atoms with Crippen molar-refractivity contribution in [2.75, 3.05) is 13.6 Å². The largest absolute Gasteiger partial charge is 0.319 e. The summed E-state index contributed by atoms with van der Waals surface area (Å²) in [7, 11) is 0.230. The van der Waals surface area contributed by atoms with E-state index >= 15 is 0 Å². The second kappa shape index (κ2) is 6.49. The monoisotopic (exact) mass is 314 g/mol. The van der Waals surface area contributed by atoms with Crippen molar-refractivity contribution in [2.45, 2.75) is 17.2 Å². The molecule has 0 unspecified atom stereocenters. The van der Waals surface area contributed by atoms with Gasteiger partial charge in [-0.15, -0.1) is 11.3 Å². The number of aryl methyl sites for hydroxylation is 1. The number of thiophene rings is 1. The zero-order valence-corrected chi connectivity index (χ0v) is 13.1. The van der Waals surface area contributed by atoms with Crippen LogP contribution >= 0.6 is 11.3 Å². The van der Waals surface area contributed by atoms with Gasteiger partial charge in [-0.1, -0.05) is 0 Å². The molecule has 0 atom stereocenters. The molecule has 0 saturated heterocycles. The smallest absolute Gasteiger partial charge is 0.250 e. The highest BCUT2D eigenvalue weighted by Gasteiger charge is 2.16. The lowest BCUT2D eigenvalue weighted by molar-refractivity contribution is 0.583. The first-order valence-corrected chi connectivity index (χ1v) is 8.52. The van der Waals surface area contributed by atoms with Crippen molar-refractivity contribution >= 4 is 21.4 Å². The summed E-state index contributed by atoms with van der Waals surface area (Å²) in [6.07, 6.45) is 4.27. The summed E-state index contributed by atoms with van der Waals surface area (Å²) in [5.74, 6) is 0. The van der Waals surface area contributed by atoms with Gasteiger partial charge in [0.1, 0.15) is 4.21 Å². The maximum absolute atomic E-state index is 12.2. The minimum atomic E-state index is -3.44. The second-order valence-electron chi connectivity index (χ2n) is 4.42. The van der Waals surface area contributed by atoms with E-state index < -0.39 is 10.0 Å². The van der Waals surface area contributed by atoms with Gasteiger partial charge < -0.3 is 5.32 Å².